The number of benzene rings is 2. The molecule has 0 aliphatic carbocycles. The molecule has 2 aromatic rings. The number of hydrogen-bond acceptors (Lipinski definition) is 2. The zero-order valence-electron chi connectivity index (χ0n) is 10.4. The molecular formula is C15H12N2O2. The van der Waals surface area contributed by atoms with Crippen molar-refractivity contribution < 1.29 is 9.59 Å². The van der Waals surface area contributed by atoms with Gasteiger partial charge in [-0.15, -0.1) is 0 Å². The van der Waals surface area contributed by atoms with Gasteiger partial charge < -0.3 is 10.6 Å². The quantitative estimate of drug-likeness (QED) is 0.757. The summed E-state index contributed by atoms with van der Waals surface area (Å²) in [7, 11) is 0. The lowest BCUT2D eigenvalue weighted by Gasteiger charge is -2.18. The number of amides is 2. The first-order valence-corrected chi connectivity index (χ1v) is 5.97. The number of hydrogen-bond donors (Lipinski definition) is 2. The first-order valence-electron chi connectivity index (χ1n) is 5.97. The van der Waals surface area contributed by atoms with Gasteiger partial charge in [0.2, 0.25) is 0 Å². The van der Waals surface area contributed by atoms with Gasteiger partial charge in [0.1, 0.15) is 0 Å². The molecule has 0 saturated heterocycles. The van der Waals surface area contributed by atoms with Crippen molar-refractivity contribution in [3.05, 3.63) is 59.2 Å². The fourth-order valence-electron chi connectivity index (χ4n) is 2.13. The normalized spacial score (nSPS) is 13.5. The molecule has 0 atom stereocenters. The number of anilines is 2. The Balaban J connectivity index is 2.15. The largest absolute Gasteiger partial charge is 0.320 e. The van der Waals surface area contributed by atoms with E-state index in [1.54, 1.807) is 30.3 Å². The molecule has 0 saturated carbocycles. The molecule has 19 heavy (non-hydrogen) atoms. The molecule has 2 aromatic carbocycles. The van der Waals surface area contributed by atoms with Crippen LogP contribution in [0.15, 0.2) is 42.5 Å². The summed E-state index contributed by atoms with van der Waals surface area (Å²) < 4.78 is 0. The summed E-state index contributed by atoms with van der Waals surface area (Å²) in [6.07, 6.45) is 0. The van der Waals surface area contributed by atoms with Gasteiger partial charge in [-0.1, -0.05) is 18.2 Å². The maximum atomic E-state index is 12.2. The summed E-state index contributed by atoms with van der Waals surface area (Å²) in [5.74, 6) is -0.534. The maximum Gasteiger partial charge on any atom is 0.256 e. The van der Waals surface area contributed by atoms with Gasteiger partial charge in [0.25, 0.3) is 11.8 Å². The summed E-state index contributed by atoms with van der Waals surface area (Å²) in [6, 6.07) is 12.3. The van der Waals surface area contributed by atoms with Crippen LogP contribution in [0.2, 0.25) is 0 Å². The first-order chi connectivity index (χ1) is 9.15. The third-order valence-electron chi connectivity index (χ3n) is 3.09. The van der Waals surface area contributed by atoms with Crippen molar-refractivity contribution in [2.45, 2.75) is 6.92 Å². The van der Waals surface area contributed by atoms with Crippen molar-refractivity contribution in [1.82, 2.24) is 0 Å². The highest BCUT2D eigenvalue weighted by Crippen LogP contribution is 2.27. The van der Waals surface area contributed by atoms with Crippen LogP contribution in [0.25, 0.3) is 0 Å². The molecule has 1 aliphatic rings. The molecule has 0 bridgehead atoms. The van der Waals surface area contributed by atoms with E-state index in [0.29, 0.717) is 22.5 Å². The Morgan fingerprint density at radius 2 is 1.37 bits per heavy atom. The number of aryl methyl sites for hydroxylation is 1. The number of fused-ring (bicyclic) bond motifs is 2. The molecule has 1 aliphatic heterocycles. The molecule has 0 fully saturated rings. The van der Waals surface area contributed by atoms with Crippen LogP contribution >= 0.6 is 0 Å². The van der Waals surface area contributed by atoms with E-state index in [4.69, 9.17) is 0 Å². The van der Waals surface area contributed by atoms with Gasteiger partial charge in [0.15, 0.2) is 0 Å². The van der Waals surface area contributed by atoms with E-state index in [1.165, 1.54) is 0 Å². The lowest BCUT2D eigenvalue weighted by Crippen LogP contribution is -2.24. The Hall–Kier alpha value is -2.62. The molecule has 94 valence electrons. The monoisotopic (exact) mass is 252 g/mol. The first kappa shape index (κ1) is 11.5. The average Bonchev–Trinajstić information content (AvgIpc) is 2.40. The Labute approximate surface area is 110 Å². The minimum absolute atomic E-state index is 0.266. The van der Waals surface area contributed by atoms with E-state index in [9.17, 15) is 9.59 Å². The van der Waals surface area contributed by atoms with Crippen LogP contribution in [0.5, 0.6) is 0 Å². The molecular weight excluding hydrogens is 240 g/mol. The van der Waals surface area contributed by atoms with Crippen molar-refractivity contribution in [3.8, 4) is 0 Å². The Kier molecular flexibility index (Phi) is 2.56. The molecule has 1 heterocycles. The zero-order valence-corrected chi connectivity index (χ0v) is 10.4. The van der Waals surface area contributed by atoms with Gasteiger partial charge in [-0.3, -0.25) is 9.59 Å². The Bertz CT molecular complexity index is 692. The molecule has 0 aromatic heterocycles. The minimum atomic E-state index is -0.268. The van der Waals surface area contributed by atoms with Crippen molar-refractivity contribution in [3.63, 3.8) is 0 Å². The van der Waals surface area contributed by atoms with Gasteiger partial charge in [0, 0.05) is 0 Å². The molecule has 4 nitrogen and oxygen atoms in total. The van der Waals surface area contributed by atoms with E-state index < -0.39 is 0 Å². The summed E-state index contributed by atoms with van der Waals surface area (Å²) >= 11 is 0. The van der Waals surface area contributed by atoms with Crippen LogP contribution in [-0.2, 0) is 0 Å². The van der Waals surface area contributed by atoms with E-state index in [2.05, 4.69) is 10.6 Å². The Morgan fingerprint density at radius 1 is 0.789 bits per heavy atom. The number of nitrogens with one attached hydrogen (secondary N) is 2. The third-order valence-corrected chi connectivity index (χ3v) is 3.09. The van der Waals surface area contributed by atoms with Gasteiger partial charge in [-0.05, 0) is 36.8 Å². The van der Waals surface area contributed by atoms with Crippen molar-refractivity contribution in [1.29, 1.82) is 0 Å². The van der Waals surface area contributed by atoms with Crippen LogP contribution in [0, 0.1) is 6.92 Å². The molecule has 2 amide bonds. The van der Waals surface area contributed by atoms with Gasteiger partial charge in [-0.2, -0.15) is 0 Å². The number of carbonyl (C=O) groups excluding carboxylic acids is 2. The summed E-state index contributed by atoms with van der Waals surface area (Å²) in [4.78, 5) is 24.3. The zero-order chi connectivity index (χ0) is 13.4. The highest BCUT2D eigenvalue weighted by molar-refractivity contribution is 6.18. The standard InChI is InChI=1S/C15H12N2O2/c1-9-6-7-12-13(8-9)17-15(19)11-5-3-2-4-10(11)14(18)16-12/h2-8H,1H3,(H,16,18)(H,17,19). The van der Waals surface area contributed by atoms with E-state index in [1.807, 2.05) is 19.1 Å². The molecule has 3 rings (SSSR count). The predicted octanol–water partition coefficient (Wildman–Crippen LogP) is 2.81. The molecule has 0 radical (unpaired) electrons. The second kappa shape index (κ2) is 4.24. The smallest absolute Gasteiger partial charge is 0.256 e. The highest BCUT2D eigenvalue weighted by atomic mass is 16.2. The molecule has 0 unspecified atom stereocenters. The molecule has 2 N–H and O–H groups in total. The van der Waals surface area contributed by atoms with Crippen LogP contribution in [0.1, 0.15) is 26.3 Å². The van der Waals surface area contributed by atoms with Crippen LogP contribution in [0.3, 0.4) is 0 Å². The Morgan fingerprint density at radius 3 is 2.00 bits per heavy atom. The topological polar surface area (TPSA) is 58.2 Å². The summed E-state index contributed by atoms with van der Waals surface area (Å²) in [5.41, 5.74) is 3.01. The van der Waals surface area contributed by atoms with Crippen molar-refractivity contribution in [2.24, 2.45) is 0 Å². The van der Waals surface area contributed by atoms with E-state index >= 15 is 0 Å². The van der Waals surface area contributed by atoms with Gasteiger partial charge >= 0.3 is 0 Å². The predicted molar refractivity (Wildman–Crippen MR) is 73.5 cm³/mol. The van der Waals surface area contributed by atoms with E-state index in [0.717, 1.165) is 5.56 Å². The van der Waals surface area contributed by atoms with Crippen LogP contribution < -0.4 is 10.6 Å². The summed E-state index contributed by atoms with van der Waals surface area (Å²) in [5, 5.41) is 5.64. The fourth-order valence-corrected chi connectivity index (χ4v) is 2.13. The lowest BCUT2D eigenvalue weighted by atomic mass is 10.0. The van der Waals surface area contributed by atoms with Gasteiger partial charge in [-0.25, -0.2) is 0 Å². The van der Waals surface area contributed by atoms with Crippen molar-refractivity contribution >= 4 is 23.2 Å². The van der Waals surface area contributed by atoms with Crippen molar-refractivity contribution in [2.75, 3.05) is 10.6 Å². The number of carbonyl (C=O) groups is 2. The maximum absolute atomic E-state index is 12.2. The van der Waals surface area contributed by atoms with Crippen LogP contribution in [0.4, 0.5) is 11.4 Å². The third kappa shape index (κ3) is 1.97. The lowest BCUT2D eigenvalue weighted by molar-refractivity contribution is 0.0988. The SMILES string of the molecule is Cc1ccc2c(c1)NC(=O)c1ccccc1C(=O)N2. The second-order valence-corrected chi connectivity index (χ2v) is 4.50. The second-order valence-electron chi connectivity index (χ2n) is 4.50. The molecule has 4 heteroatoms. The average molecular weight is 252 g/mol. The number of rotatable bonds is 0. The minimum Gasteiger partial charge on any atom is -0.320 e. The van der Waals surface area contributed by atoms with Crippen LogP contribution in [-0.4, -0.2) is 11.8 Å². The highest BCUT2D eigenvalue weighted by Gasteiger charge is 2.21. The fraction of sp³-hybridized carbons (Fsp3) is 0.0667. The molecule has 0 spiro atoms. The van der Waals surface area contributed by atoms with Gasteiger partial charge in [0.05, 0.1) is 22.5 Å². The summed E-state index contributed by atoms with van der Waals surface area (Å²) in [6.45, 7) is 1.93. The van der Waals surface area contributed by atoms with E-state index in [-0.39, 0.29) is 11.8 Å².